The van der Waals surface area contributed by atoms with Crippen molar-refractivity contribution in [1.29, 1.82) is 0 Å². The van der Waals surface area contributed by atoms with Crippen LogP contribution in [0, 0.1) is 5.92 Å². The lowest BCUT2D eigenvalue weighted by atomic mass is 9.77. The van der Waals surface area contributed by atoms with Crippen LogP contribution in [0.15, 0.2) is 83.5 Å². The molecular weight excluding hydrogens is 328 g/mol. The van der Waals surface area contributed by atoms with Crippen molar-refractivity contribution in [3.8, 4) is 11.1 Å². The van der Waals surface area contributed by atoms with Gasteiger partial charge in [0.15, 0.2) is 0 Å². The molecule has 2 aliphatic rings. The van der Waals surface area contributed by atoms with Crippen molar-refractivity contribution in [3.63, 3.8) is 0 Å². The minimum absolute atomic E-state index is 0.407. The summed E-state index contributed by atoms with van der Waals surface area (Å²) in [5.41, 5.74) is 7.32. The highest BCUT2D eigenvalue weighted by molar-refractivity contribution is 6.02. The molecular formula is C25H22N2. The summed E-state index contributed by atoms with van der Waals surface area (Å²) in [7, 11) is 0. The molecule has 27 heavy (non-hydrogen) atoms. The highest BCUT2D eigenvalue weighted by Gasteiger charge is 2.27. The molecule has 0 fully saturated rings. The zero-order chi connectivity index (χ0) is 18.2. The Kier molecular flexibility index (Phi) is 3.97. The van der Waals surface area contributed by atoms with E-state index < -0.39 is 0 Å². The molecule has 0 N–H and O–H groups in total. The third-order valence-corrected chi connectivity index (χ3v) is 5.82. The molecule has 1 aliphatic heterocycles. The van der Waals surface area contributed by atoms with Crippen LogP contribution in [0.1, 0.15) is 31.2 Å². The van der Waals surface area contributed by atoms with Crippen LogP contribution in [0.4, 0.5) is 5.69 Å². The van der Waals surface area contributed by atoms with Crippen molar-refractivity contribution in [2.24, 2.45) is 10.9 Å². The van der Waals surface area contributed by atoms with Gasteiger partial charge in [-0.05, 0) is 41.5 Å². The van der Waals surface area contributed by atoms with E-state index in [1.165, 1.54) is 27.6 Å². The van der Waals surface area contributed by atoms with Crippen LogP contribution >= 0.6 is 0 Å². The van der Waals surface area contributed by atoms with Gasteiger partial charge in [-0.3, -0.25) is 9.98 Å². The van der Waals surface area contributed by atoms with Crippen LogP contribution in [0.2, 0.25) is 0 Å². The average molecular weight is 350 g/mol. The Morgan fingerprint density at radius 3 is 2.70 bits per heavy atom. The molecule has 1 aliphatic carbocycles. The lowest BCUT2D eigenvalue weighted by molar-refractivity contribution is 0.613. The van der Waals surface area contributed by atoms with Crippen molar-refractivity contribution in [2.45, 2.75) is 25.7 Å². The quantitative estimate of drug-likeness (QED) is 0.510. The van der Waals surface area contributed by atoms with E-state index in [1.54, 1.807) is 0 Å². The van der Waals surface area contributed by atoms with Crippen LogP contribution in [0.3, 0.4) is 0 Å². The third-order valence-electron chi connectivity index (χ3n) is 5.82. The van der Waals surface area contributed by atoms with Gasteiger partial charge >= 0.3 is 0 Å². The van der Waals surface area contributed by atoms with E-state index in [0.717, 1.165) is 24.0 Å². The number of benzene rings is 2. The Morgan fingerprint density at radius 1 is 0.963 bits per heavy atom. The highest BCUT2D eigenvalue weighted by Crippen LogP contribution is 2.45. The van der Waals surface area contributed by atoms with Gasteiger partial charge in [0.1, 0.15) is 0 Å². The van der Waals surface area contributed by atoms with Gasteiger partial charge in [0, 0.05) is 23.7 Å². The number of aromatic nitrogens is 1. The second-order valence-corrected chi connectivity index (χ2v) is 7.46. The number of aliphatic imine (C=N–C) groups is 1. The van der Waals surface area contributed by atoms with Crippen LogP contribution in [0.25, 0.3) is 22.0 Å². The van der Waals surface area contributed by atoms with Gasteiger partial charge in [-0.25, -0.2) is 0 Å². The molecule has 2 heterocycles. The Hall–Kier alpha value is -3.00. The number of pyridine rings is 1. The van der Waals surface area contributed by atoms with E-state index in [9.17, 15) is 0 Å². The molecule has 2 atom stereocenters. The molecule has 0 spiro atoms. The molecule has 132 valence electrons. The summed E-state index contributed by atoms with van der Waals surface area (Å²) in [6.07, 6.45) is 12.9. The molecule has 0 saturated heterocycles. The predicted octanol–water partition coefficient (Wildman–Crippen LogP) is 6.61. The van der Waals surface area contributed by atoms with Crippen molar-refractivity contribution in [1.82, 2.24) is 4.98 Å². The van der Waals surface area contributed by atoms with Gasteiger partial charge in [-0.2, -0.15) is 0 Å². The second-order valence-electron chi connectivity index (χ2n) is 7.46. The first-order chi connectivity index (χ1) is 13.3. The van der Waals surface area contributed by atoms with Crippen molar-refractivity contribution < 1.29 is 0 Å². The first-order valence-electron chi connectivity index (χ1n) is 9.69. The van der Waals surface area contributed by atoms with E-state index in [0.29, 0.717) is 11.8 Å². The summed E-state index contributed by atoms with van der Waals surface area (Å²) in [5, 5.41) is 1.17. The van der Waals surface area contributed by atoms with Crippen LogP contribution in [-0.4, -0.2) is 11.2 Å². The zero-order valence-electron chi connectivity index (χ0n) is 15.5. The van der Waals surface area contributed by atoms with E-state index in [2.05, 4.69) is 79.9 Å². The average Bonchev–Trinajstić information content (AvgIpc) is 2.74. The highest BCUT2D eigenvalue weighted by atomic mass is 14.8. The van der Waals surface area contributed by atoms with Crippen molar-refractivity contribution >= 4 is 22.8 Å². The minimum atomic E-state index is 0.407. The zero-order valence-corrected chi connectivity index (χ0v) is 15.5. The molecule has 2 unspecified atom stereocenters. The monoisotopic (exact) mass is 350 g/mol. The molecule has 0 saturated carbocycles. The third kappa shape index (κ3) is 2.73. The number of rotatable bonds is 2. The first kappa shape index (κ1) is 16.2. The van der Waals surface area contributed by atoms with Gasteiger partial charge in [0.05, 0.1) is 11.2 Å². The number of nitrogens with zero attached hydrogens (tertiary/aromatic N) is 2. The normalized spacial score (nSPS) is 21.1. The van der Waals surface area contributed by atoms with Gasteiger partial charge in [-0.15, -0.1) is 0 Å². The summed E-state index contributed by atoms with van der Waals surface area (Å²) in [6.45, 7) is 2.33. The Labute approximate surface area is 160 Å². The smallest absolute Gasteiger partial charge is 0.0967 e. The number of hydrogen-bond donors (Lipinski definition) is 0. The Balaban J connectivity index is 1.69. The molecule has 0 amide bonds. The van der Waals surface area contributed by atoms with Gasteiger partial charge in [0.25, 0.3) is 0 Å². The van der Waals surface area contributed by atoms with Crippen LogP contribution < -0.4 is 0 Å². The fourth-order valence-corrected chi connectivity index (χ4v) is 4.42. The van der Waals surface area contributed by atoms with Crippen molar-refractivity contribution in [3.05, 3.63) is 84.1 Å². The first-order valence-corrected chi connectivity index (χ1v) is 9.69. The topological polar surface area (TPSA) is 25.2 Å². The maximum absolute atomic E-state index is 4.79. The van der Waals surface area contributed by atoms with Gasteiger partial charge < -0.3 is 0 Å². The molecule has 5 rings (SSSR count). The van der Waals surface area contributed by atoms with Gasteiger partial charge in [-0.1, -0.05) is 73.2 Å². The fourth-order valence-electron chi connectivity index (χ4n) is 4.42. The molecule has 2 aromatic carbocycles. The van der Waals surface area contributed by atoms with Crippen LogP contribution in [0.5, 0.6) is 0 Å². The molecule has 3 aromatic rings. The Bertz CT molecular complexity index is 1090. The molecule has 1 aromatic heterocycles. The number of hydrogen-bond acceptors (Lipinski definition) is 2. The minimum Gasteiger partial charge on any atom is -0.259 e. The lowest BCUT2D eigenvalue weighted by Crippen LogP contribution is -2.14. The van der Waals surface area contributed by atoms with E-state index in [1.807, 2.05) is 6.20 Å². The fraction of sp³-hybridized carbons (Fsp3) is 0.200. The molecule has 2 nitrogen and oxygen atoms in total. The Morgan fingerprint density at radius 2 is 1.85 bits per heavy atom. The molecule has 2 heteroatoms. The summed E-state index contributed by atoms with van der Waals surface area (Å²) in [6, 6.07) is 17.1. The summed E-state index contributed by atoms with van der Waals surface area (Å²) in [5.74, 6) is 0.989. The SMILES string of the molecule is CC1CC=CC=C1C1CC=Nc2c1ccc1c(-c3ccccc3)ccnc21. The molecule has 0 radical (unpaired) electrons. The standard InChI is InChI=1S/C25H22N2/c1-17-7-5-6-10-19(17)21-14-16-27-25-23(21)12-11-22-20(13-15-26-24(22)25)18-8-3-2-4-9-18/h2-6,8-13,15-17,21H,7,14H2,1H3. The summed E-state index contributed by atoms with van der Waals surface area (Å²) < 4.78 is 0. The number of fused-ring (bicyclic) bond motifs is 3. The summed E-state index contributed by atoms with van der Waals surface area (Å²) >= 11 is 0. The van der Waals surface area contributed by atoms with E-state index >= 15 is 0 Å². The maximum atomic E-state index is 4.79. The van der Waals surface area contributed by atoms with E-state index in [-0.39, 0.29) is 0 Å². The second kappa shape index (κ2) is 6.62. The molecule has 0 bridgehead atoms. The van der Waals surface area contributed by atoms with Gasteiger partial charge in [0.2, 0.25) is 0 Å². The maximum Gasteiger partial charge on any atom is 0.0967 e. The number of allylic oxidation sites excluding steroid dienone is 4. The van der Waals surface area contributed by atoms with E-state index in [4.69, 9.17) is 9.98 Å². The lowest BCUT2D eigenvalue weighted by Gasteiger charge is -2.29. The summed E-state index contributed by atoms with van der Waals surface area (Å²) in [4.78, 5) is 9.53. The predicted molar refractivity (Wildman–Crippen MR) is 114 cm³/mol. The largest absolute Gasteiger partial charge is 0.259 e. The van der Waals surface area contributed by atoms with Crippen molar-refractivity contribution in [2.75, 3.05) is 0 Å². The van der Waals surface area contributed by atoms with Crippen LogP contribution in [-0.2, 0) is 0 Å².